The smallest absolute Gasteiger partial charge is 0.198 e. The lowest BCUT2D eigenvalue weighted by Gasteiger charge is -1.99. The highest BCUT2D eigenvalue weighted by Crippen LogP contribution is 2.20. The average molecular weight is 249 g/mol. The number of fused-ring (bicyclic) bond motifs is 1. The van der Waals surface area contributed by atoms with E-state index >= 15 is 0 Å². The van der Waals surface area contributed by atoms with E-state index in [9.17, 15) is 4.39 Å². The summed E-state index contributed by atoms with van der Waals surface area (Å²) >= 11 is 5.89. The van der Waals surface area contributed by atoms with Crippen LogP contribution in [0.25, 0.3) is 17.0 Å². The van der Waals surface area contributed by atoms with Crippen LogP contribution in [0.15, 0.2) is 36.7 Å². The Labute approximate surface area is 101 Å². The molecule has 3 rings (SSSR count). The molecule has 0 saturated carbocycles. The van der Waals surface area contributed by atoms with E-state index in [0.29, 0.717) is 11.5 Å². The first-order chi connectivity index (χ1) is 8.25. The first-order valence-electron chi connectivity index (χ1n) is 4.87. The predicted octanol–water partition coefficient (Wildman–Crippen LogP) is 2.58. The molecule has 0 radical (unpaired) electrons. The molecule has 0 unspecified atom stereocenters. The number of hydrogen-bond donors (Lipinski definition) is 0. The lowest BCUT2D eigenvalue weighted by Crippen LogP contribution is -1.90. The Kier molecular flexibility index (Phi) is 2.26. The van der Waals surface area contributed by atoms with E-state index in [4.69, 9.17) is 11.6 Å². The van der Waals surface area contributed by atoms with Crippen LogP contribution in [0.5, 0.6) is 0 Å². The fourth-order valence-corrected chi connectivity index (χ4v) is 1.78. The van der Waals surface area contributed by atoms with Crippen molar-refractivity contribution >= 4 is 17.2 Å². The van der Waals surface area contributed by atoms with Crippen LogP contribution in [0.4, 0.5) is 4.39 Å². The molecule has 0 fully saturated rings. The maximum Gasteiger partial charge on any atom is 0.198 e. The molecule has 0 amide bonds. The standard InChI is InChI=1S/C11H6ClFN4/c12-9-11-16-15-10(17(11)6-5-14-9)7-1-3-8(13)4-2-7/h1-6H. The number of halogens is 2. The highest BCUT2D eigenvalue weighted by atomic mass is 35.5. The van der Waals surface area contributed by atoms with Gasteiger partial charge in [-0.05, 0) is 24.3 Å². The van der Waals surface area contributed by atoms with Gasteiger partial charge in [-0.3, -0.25) is 4.40 Å². The van der Waals surface area contributed by atoms with E-state index in [1.807, 2.05) is 0 Å². The summed E-state index contributed by atoms with van der Waals surface area (Å²) in [6, 6.07) is 6.03. The van der Waals surface area contributed by atoms with Gasteiger partial charge in [-0.2, -0.15) is 0 Å². The summed E-state index contributed by atoms with van der Waals surface area (Å²) in [5, 5.41) is 8.25. The minimum Gasteiger partial charge on any atom is -0.278 e. The predicted molar refractivity (Wildman–Crippen MR) is 61.2 cm³/mol. The van der Waals surface area contributed by atoms with Crippen LogP contribution in [-0.4, -0.2) is 19.6 Å². The van der Waals surface area contributed by atoms with Crippen LogP contribution in [0, 0.1) is 5.82 Å². The van der Waals surface area contributed by atoms with Gasteiger partial charge < -0.3 is 0 Å². The summed E-state index contributed by atoms with van der Waals surface area (Å²) in [6.07, 6.45) is 3.27. The summed E-state index contributed by atoms with van der Waals surface area (Å²) in [7, 11) is 0. The second-order valence-corrected chi connectivity index (χ2v) is 3.80. The average Bonchev–Trinajstić information content (AvgIpc) is 2.75. The summed E-state index contributed by atoms with van der Waals surface area (Å²) in [5.74, 6) is 0.312. The third kappa shape index (κ3) is 1.64. The Morgan fingerprint density at radius 3 is 2.65 bits per heavy atom. The van der Waals surface area contributed by atoms with Crippen LogP contribution in [0.3, 0.4) is 0 Å². The first kappa shape index (κ1) is 10.2. The van der Waals surface area contributed by atoms with E-state index in [1.54, 1.807) is 28.9 Å². The molecule has 0 spiro atoms. The summed E-state index contributed by atoms with van der Waals surface area (Å²) in [6.45, 7) is 0. The van der Waals surface area contributed by atoms with Crippen molar-refractivity contribution in [2.24, 2.45) is 0 Å². The highest BCUT2D eigenvalue weighted by molar-refractivity contribution is 6.32. The fraction of sp³-hybridized carbons (Fsp3) is 0. The molecule has 0 saturated heterocycles. The van der Waals surface area contributed by atoms with Gasteiger partial charge in [-0.15, -0.1) is 10.2 Å². The molecule has 0 atom stereocenters. The number of nitrogens with zero attached hydrogens (tertiary/aromatic N) is 4. The van der Waals surface area contributed by atoms with Crippen LogP contribution >= 0.6 is 11.6 Å². The molecule has 3 aromatic rings. The van der Waals surface area contributed by atoms with Crippen molar-refractivity contribution in [2.75, 3.05) is 0 Å². The third-order valence-corrected chi connectivity index (χ3v) is 2.65. The van der Waals surface area contributed by atoms with Crippen molar-refractivity contribution in [1.29, 1.82) is 0 Å². The Morgan fingerprint density at radius 1 is 1.12 bits per heavy atom. The molecule has 0 aliphatic heterocycles. The molecular weight excluding hydrogens is 243 g/mol. The molecule has 0 N–H and O–H groups in total. The van der Waals surface area contributed by atoms with Crippen LogP contribution < -0.4 is 0 Å². The molecule has 2 aromatic heterocycles. The minimum atomic E-state index is -0.290. The van der Waals surface area contributed by atoms with E-state index in [0.717, 1.165) is 5.56 Å². The zero-order chi connectivity index (χ0) is 11.8. The molecule has 0 bridgehead atoms. The van der Waals surface area contributed by atoms with Gasteiger partial charge in [-0.25, -0.2) is 9.37 Å². The van der Waals surface area contributed by atoms with Crippen LogP contribution in [-0.2, 0) is 0 Å². The molecule has 84 valence electrons. The Balaban J connectivity index is 2.24. The maximum absolute atomic E-state index is 12.8. The van der Waals surface area contributed by atoms with Gasteiger partial charge in [0.2, 0.25) is 0 Å². The lowest BCUT2D eigenvalue weighted by molar-refractivity contribution is 0.628. The summed E-state index contributed by atoms with van der Waals surface area (Å²) in [5.41, 5.74) is 1.25. The maximum atomic E-state index is 12.8. The monoisotopic (exact) mass is 248 g/mol. The normalized spacial score (nSPS) is 10.9. The van der Waals surface area contributed by atoms with Gasteiger partial charge in [-0.1, -0.05) is 11.6 Å². The largest absolute Gasteiger partial charge is 0.278 e. The zero-order valence-corrected chi connectivity index (χ0v) is 9.26. The Hall–Kier alpha value is -2.01. The zero-order valence-electron chi connectivity index (χ0n) is 8.51. The number of hydrogen-bond acceptors (Lipinski definition) is 3. The SMILES string of the molecule is Fc1ccc(-c2nnc3c(Cl)nccn23)cc1. The second-order valence-electron chi connectivity index (χ2n) is 3.44. The number of aromatic nitrogens is 4. The number of benzene rings is 1. The van der Waals surface area contributed by atoms with E-state index in [-0.39, 0.29) is 11.0 Å². The molecule has 17 heavy (non-hydrogen) atoms. The molecule has 0 aliphatic rings. The van der Waals surface area contributed by atoms with Crippen molar-refractivity contribution in [3.05, 3.63) is 47.6 Å². The fourth-order valence-electron chi connectivity index (χ4n) is 1.59. The lowest BCUT2D eigenvalue weighted by atomic mass is 10.2. The minimum absolute atomic E-state index is 0.286. The highest BCUT2D eigenvalue weighted by Gasteiger charge is 2.10. The van der Waals surface area contributed by atoms with Gasteiger partial charge in [0.05, 0.1) is 0 Å². The van der Waals surface area contributed by atoms with Crippen molar-refractivity contribution in [3.8, 4) is 11.4 Å². The summed E-state index contributed by atoms with van der Waals surface area (Å²) in [4.78, 5) is 3.91. The van der Waals surface area contributed by atoms with Crippen LogP contribution in [0.1, 0.15) is 0 Å². The molecule has 1 aromatic carbocycles. The molecule has 6 heteroatoms. The van der Waals surface area contributed by atoms with Crippen molar-refractivity contribution < 1.29 is 4.39 Å². The molecule has 4 nitrogen and oxygen atoms in total. The van der Waals surface area contributed by atoms with E-state index in [2.05, 4.69) is 15.2 Å². The third-order valence-electron chi connectivity index (χ3n) is 2.39. The molecule has 2 heterocycles. The molecular formula is C11H6ClFN4. The van der Waals surface area contributed by atoms with Crippen LogP contribution in [0.2, 0.25) is 5.15 Å². The van der Waals surface area contributed by atoms with Gasteiger partial charge >= 0.3 is 0 Å². The van der Waals surface area contributed by atoms with Crippen molar-refractivity contribution in [1.82, 2.24) is 19.6 Å². The Bertz CT molecular complexity index is 678. The molecule has 0 aliphatic carbocycles. The van der Waals surface area contributed by atoms with Crippen molar-refractivity contribution in [2.45, 2.75) is 0 Å². The van der Waals surface area contributed by atoms with Gasteiger partial charge in [0.15, 0.2) is 16.6 Å². The first-order valence-corrected chi connectivity index (χ1v) is 5.25. The van der Waals surface area contributed by atoms with E-state index < -0.39 is 0 Å². The van der Waals surface area contributed by atoms with Gasteiger partial charge in [0.25, 0.3) is 0 Å². The summed E-state index contributed by atoms with van der Waals surface area (Å²) < 4.78 is 14.5. The van der Waals surface area contributed by atoms with Crippen molar-refractivity contribution in [3.63, 3.8) is 0 Å². The van der Waals surface area contributed by atoms with Gasteiger partial charge in [0, 0.05) is 18.0 Å². The Morgan fingerprint density at radius 2 is 1.88 bits per heavy atom. The topological polar surface area (TPSA) is 43.1 Å². The van der Waals surface area contributed by atoms with Gasteiger partial charge in [0.1, 0.15) is 5.82 Å². The number of rotatable bonds is 1. The quantitative estimate of drug-likeness (QED) is 0.665. The second kappa shape index (κ2) is 3.78. The van der Waals surface area contributed by atoms with E-state index in [1.165, 1.54) is 12.1 Å².